The molecule has 4 rings (SSSR count). The zero-order chi connectivity index (χ0) is 45.7. The number of phenols is 1. The van der Waals surface area contributed by atoms with E-state index in [9.17, 15) is 36.9 Å². The van der Waals surface area contributed by atoms with Gasteiger partial charge in [-0.25, -0.2) is 16.8 Å². The molecule has 0 radical (unpaired) electrons. The molecule has 0 heterocycles. The molecular formula is C41H53NO17S2. The molecule has 0 aliphatic carbocycles. The average Bonchev–Trinajstić information content (AvgIpc) is 3.21. The first-order valence-corrected chi connectivity index (χ1v) is 21.8. The molecule has 61 heavy (non-hydrogen) atoms. The minimum absolute atomic E-state index is 0.158. The van der Waals surface area contributed by atoms with Crippen molar-refractivity contribution in [1.82, 2.24) is 0 Å². The summed E-state index contributed by atoms with van der Waals surface area (Å²) in [6.45, 7) is 1.46. The number of carbonyl (C=O) groups is 1. The number of phenolic OH excluding ortho intramolecular Hbond substituents is 1. The number of sulfone groups is 2. The van der Waals surface area contributed by atoms with E-state index >= 15 is 0 Å². The fourth-order valence-electron chi connectivity index (χ4n) is 6.07. The number of anilines is 1. The number of rotatable bonds is 21. The summed E-state index contributed by atoms with van der Waals surface area (Å²) in [5.41, 5.74) is 1.53. The number of carboxylic acids is 1. The molecule has 3 unspecified atom stereocenters. The number of methoxy groups -OCH3 is 8. The predicted molar refractivity (Wildman–Crippen MR) is 225 cm³/mol. The first kappa shape index (κ1) is 49.5. The van der Waals surface area contributed by atoms with Crippen molar-refractivity contribution in [3.05, 3.63) is 82.9 Å². The van der Waals surface area contributed by atoms with Crippen molar-refractivity contribution in [2.45, 2.75) is 36.7 Å². The number of aliphatic carboxylic acids is 1. The Morgan fingerprint density at radius 3 is 1.25 bits per heavy atom. The van der Waals surface area contributed by atoms with Crippen LogP contribution in [0.3, 0.4) is 0 Å². The van der Waals surface area contributed by atoms with Gasteiger partial charge in [0.25, 0.3) is 0 Å². The molecule has 0 bridgehead atoms. The summed E-state index contributed by atoms with van der Waals surface area (Å²) < 4.78 is 92.6. The van der Waals surface area contributed by atoms with Crippen molar-refractivity contribution in [2.75, 3.05) is 73.7 Å². The van der Waals surface area contributed by atoms with Gasteiger partial charge in [-0.2, -0.15) is 0 Å². The quantitative estimate of drug-likeness (QED) is 0.0780. The highest BCUT2D eigenvalue weighted by molar-refractivity contribution is 7.90. The zero-order valence-corrected chi connectivity index (χ0v) is 36.9. The Morgan fingerprint density at radius 1 is 0.557 bits per heavy atom. The lowest BCUT2D eigenvalue weighted by atomic mass is 10.1. The van der Waals surface area contributed by atoms with Crippen LogP contribution < -0.4 is 43.2 Å². The van der Waals surface area contributed by atoms with Gasteiger partial charge in [0.15, 0.2) is 31.2 Å². The summed E-state index contributed by atoms with van der Waals surface area (Å²) in [6, 6.07) is 14.2. The van der Waals surface area contributed by atoms with E-state index < -0.39 is 55.4 Å². The Hall–Kier alpha value is -5.83. The van der Waals surface area contributed by atoms with Crippen molar-refractivity contribution < 1.29 is 80.0 Å². The third-order valence-corrected chi connectivity index (χ3v) is 12.2. The van der Waals surface area contributed by atoms with Gasteiger partial charge in [0.2, 0.25) is 0 Å². The highest BCUT2D eigenvalue weighted by Crippen LogP contribution is 2.40. The van der Waals surface area contributed by atoms with Crippen LogP contribution in [-0.2, 0) is 36.0 Å². The minimum Gasteiger partial charge on any atom is -0.504 e. The van der Waals surface area contributed by atoms with Crippen LogP contribution in [0, 0.1) is 0 Å². The van der Waals surface area contributed by atoms with E-state index in [4.69, 9.17) is 43.0 Å². The van der Waals surface area contributed by atoms with Gasteiger partial charge in [0.05, 0.1) is 96.7 Å². The molecule has 3 atom stereocenters. The SMILES string of the molecule is COc1cc(OC)c(C(O)CS(=O)(=O)Cc2ccc(OC)c(NC(C)C(=O)O)c2)c(OC)c1.COc1cc(OC)c(C(O)CS(=O)(=O)Cc2ccc(OC)c(O)c2)c(OC)c1. The minimum atomic E-state index is -3.81. The largest absolute Gasteiger partial charge is 0.504 e. The van der Waals surface area contributed by atoms with Gasteiger partial charge in [0, 0.05) is 24.3 Å². The molecule has 0 aliphatic heterocycles. The lowest BCUT2D eigenvalue weighted by Gasteiger charge is -2.19. The second-order valence-electron chi connectivity index (χ2n) is 13.3. The third kappa shape index (κ3) is 13.6. The molecule has 20 heteroatoms. The highest BCUT2D eigenvalue weighted by atomic mass is 32.2. The Kier molecular flexibility index (Phi) is 18.0. The number of benzene rings is 4. The number of ether oxygens (including phenoxy) is 8. The molecule has 0 aliphatic rings. The number of aliphatic hydroxyl groups is 2. The smallest absolute Gasteiger partial charge is 0.325 e. The van der Waals surface area contributed by atoms with Crippen molar-refractivity contribution in [3.8, 4) is 51.7 Å². The molecule has 0 aromatic heterocycles. The van der Waals surface area contributed by atoms with Gasteiger partial charge in [-0.3, -0.25) is 4.79 Å². The highest BCUT2D eigenvalue weighted by Gasteiger charge is 2.28. The summed E-state index contributed by atoms with van der Waals surface area (Å²) in [4.78, 5) is 11.2. The van der Waals surface area contributed by atoms with Crippen LogP contribution in [0.15, 0.2) is 60.7 Å². The number of hydrogen-bond acceptors (Lipinski definition) is 17. The van der Waals surface area contributed by atoms with Crippen molar-refractivity contribution in [1.29, 1.82) is 0 Å². The van der Waals surface area contributed by atoms with E-state index in [-0.39, 0.29) is 57.1 Å². The van der Waals surface area contributed by atoms with E-state index in [2.05, 4.69) is 5.32 Å². The Balaban J connectivity index is 0.000000330. The third-order valence-electron chi connectivity index (χ3n) is 9.02. The molecule has 5 N–H and O–H groups in total. The summed E-state index contributed by atoms with van der Waals surface area (Å²) in [5, 5.41) is 43.1. The van der Waals surface area contributed by atoms with Gasteiger partial charge in [-0.1, -0.05) is 12.1 Å². The fraction of sp³-hybridized carbons (Fsp3) is 0.390. The summed E-state index contributed by atoms with van der Waals surface area (Å²) in [6.07, 6.45) is -2.80. The molecule has 18 nitrogen and oxygen atoms in total. The Morgan fingerprint density at radius 2 is 0.918 bits per heavy atom. The summed E-state index contributed by atoms with van der Waals surface area (Å²) in [5.74, 6) is -0.668. The topological polar surface area (TPSA) is 252 Å². The lowest BCUT2D eigenvalue weighted by molar-refractivity contribution is -0.137. The number of aliphatic hydroxyl groups excluding tert-OH is 2. The van der Waals surface area contributed by atoms with Crippen molar-refractivity contribution in [2.24, 2.45) is 0 Å². The van der Waals surface area contributed by atoms with Crippen LogP contribution in [0.1, 0.15) is 41.4 Å². The molecule has 0 saturated carbocycles. The van der Waals surface area contributed by atoms with Crippen LogP contribution in [-0.4, -0.2) is 118 Å². The number of hydrogen-bond donors (Lipinski definition) is 5. The maximum Gasteiger partial charge on any atom is 0.325 e. The maximum atomic E-state index is 12.9. The van der Waals surface area contributed by atoms with E-state index in [1.807, 2.05) is 0 Å². The van der Waals surface area contributed by atoms with Gasteiger partial charge < -0.3 is 63.6 Å². The molecule has 0 saturated heterocycles. The predicted octanol–water partition coefficient (Wildman–Crippen LogP) is 4.33. The van der Waals surface area contributed by atoms with E-state index in [1.54, 1.807) is 12.1 Å². The monoisotopic (exact) mass is 895 g/mol. The van der Waals surface area contributed by atoms with Gasteiger partial charge in [-0.05, 0) is 42.3 Å². The van der Waals surface area contributed by atoms with Crippen LogP contribution in [0.2, 0.25) is 0 Å². The van der Waals surface area contributed by atoms with Crippen LogP contribution in [0.4, 0.5) is 5.69 Å². The second-order valence-corrected chi connectivity index (χ2v) is 17.5. The zero-order valence-electron chi connectivity index (χ0n) is 35.2. The van der Waals surface area contributed by atoms with Crippen LogP contribution in [0.25, 0.3) is 0 Å². The fourth-order valence-corrected chi connectivity index (χ4v) is 8.98. The summed E-state index contributed by atoms with van der Waals surface area (Å²) in [7, 11) is 3.81. The van der Waals surface area contributed by atoms with E-state index in [0.717, 1.165) is 0 Å². The second kappa shape index (κ2) is 22.1. The number of nitrogens with one attached hydrogen (secondary N) is 1. The summed E-state index contributed by atoms with van der Waals surface area (Å²) >= 11 is 0. The maximum absolute atomic E-state index is 12.9. The lowest BCUT2D eigenvalue weighted by Crippen LogP contribution is -2.25. The van der Waals surface area contributed by atoms with Crippen molar-refractivity contribution in [3.63, 3.8) is 0 Å². The first-order valence-electron chi connectivity index (χ1n) is 18.2. The van der Waals surface area contributed by atoms with E-state index in [1.165, 1.54) is 112 Å². The van der Waals surface area contributed by atoms with Gasteiger partial charge >= 0.3 is 5.97 Å². The molecule has 0 fully saturated rings. The normalized spacial score (nSPS) is 12.7. The van der Waals surface area contributed by atoms with Crippen molar-refractivity contribution >= 4 is 31.3 Å². The Bertz CT molecular complexity index is 2280. The van der Waals surface area contributed by atoms with E-state index in [0.29, 0.717) is 34.1 Å². The number of carboxylic acid groups (broad SMARTS) is 1. The van der Waals surface area contributed by atoms with Crippen LogP contribution >= 0.6 is 0 Å². The van der Waals surface area contributed by atoms with Crippen LogP contribution in [0.5, 0.6) is 51.7 Å². The molecular weight excluding hydrogens is 843 g/mol. The first-order chi connectivity index (χ1) is 28.8. The Labute approximate surface area is 355 Å². The molecule has 4 aromatic carbocycles. The standard InChI is InChI=1S/C22H29NO9S.C19H24O8S/c1-13(22(25)26)23-16-8-14(6-7-18(16)30-3)11-33(27,28)12-17(24)21-19(31-4)9-15(29-2)10-20(21)32-5;1-24-13-8-17(26-3)19(18(9-13)27-4)15(21)11-28(22,23)10-12-5-6-16(25-2)14(20)7-12/h6-10,13,17,23-24H,11-12H2,1-5H3,(H,25,26);5-9,15,20-21H,10-11H2,1-4H3. The number of aromatic hydroxyl groups is 1. The van der Waals surface area contributed by atoms with Gasteiger partial charge in [-0.15, -0.1) is 0 Å². The molecule has 0 amide bonds. The molecule has 0 spiro atoms. The molecule has 336 valence electrons. The molecule has 4 aromatic rings. The van der Waals surface area contributed by atoms with Gasteiger partial charge in [0.1, 0.15) is 58.5 Å². The average molecular weight is 896 g/mol.